The molecule has 0 aliphatic carbocycles. The van der Waals surface area contributed by atoms with Gasteiger partial charge in [-0.1, -0.05) is 12.1 Å². The number of carbonyl (C=O) groups excluding carboxylic acids is 1. The molecule has 1 amide bonds. The van der Waals surface area contributed by atoms with Crippen molar-refractivity contribution < 1.29 is 13.6 Å². The minimum Gasteiger partial charge on any atom is -0.468 e. The van der Waals surface area contributed by atoms with Crippen LogP contribution < -0.4 is 5.32 Å². The maximum Gasteiger partial charge on any atom is 0.254 e. The normalized spacial score (nSPS) is 16.6. The Balaban J connectivity index is 1.69. The Kier molecular flexibility index (Phi) is 4.53. The van der Waals surface area contributed by atoms with Crippen LogP contribution in [0.4, 0.5) is 4.39 Å². The fourth-order valence-corrected chi connectivity index (χ4v) is 2.87. The monoisotopic (exact) mass is 302 g/mol. The van der Waals surface area contributed by atoms with Gasteiger partial charge in [-0.05, 0) is 50.2 Å². The first kappa shape index (κ1) is 14.8. The summed E-state index contributed by atoms with van der Waals surface area (Å²) in [7, 11) is 0. The first-order chi connectivity index (χ1) is 10.8. The molecule has 1 aliphatic rings. The zero-order valence-corrected chi connectivity index (χ0v) is 12.3. The highest BCUT2D eigenvalue weighted by Gasteiger charge is 2.26. The summed E-state index contributed by atoms with van der Waals surface area (Å²) in [5, 5.41) is 2.82. The van der Waals surface area contributed by atoms with Gasteiger partial charge in [0.05, 0.1) is 17.9 Å². The number of furan rings is 1. The second kappa shape index (κ2) is 6.75. The van der Waals surface area contributed by atoms with Crippen LogP contribution in [-0.4, -0.2) is 30.4 Å². The van der Waals surface area contributed by atoms with E-state index in [0.717, 1.165) is 31.7 Å². The molecule has 1 aromatic carbocycles. The topological polar surface area (TPSA) is 45.5 Å². The molecule has 1 N–H and O–H groups in total. The predicted molar refractivity (Wildman–Crippen MR) is 81.0 cm³/mol. The molecule has 1 aromatic heterocycles. The van der Waals surface area contributed by atoms with Gasteiger partial charge < -0.3 is 9.73 Å². The highest BCUT2D eigenvalue weighted by molar-refractivity contribution is 5.94. The van der Waals surface area contributed by atoms with Gasteiger partial charge in [0, 0.05) is 6.54 Å². The average molecular weight is 302 g/mol. The third kappa shape index (κ3) is 3.20. The van der Waals surface area contributed by atoms with E-state index in [-0.39, 0.29) is 11.6 Å². The zero-order chi connectivity index (χ0) is 15.4. The van der Waals surface area contributed by atoms with E-state index >= 15 is 0 Å². The van der Waals surface area contributed by atoms with Crippen molar-refractivity contribution in [3.05, 3.63) is 59.8 Å². The molecule has 2 heterocycles. The van der Waals surface area contributed by atoms with E-state index in [1.54, 1.807) is 18.4 Å². The number of benzene rings is 1. The molecular weight excluding hydrogens is 283 g/mol. The van der Waals surface area contributed by atoms with Crippen molar-refractivity contribution in [1.29, 1.82) is 0 Å². The number of halogens is 1. The summed E-state index contributed by atoms with van der Waals surface area (Å²) >= 11 is 0. The fourth-order valence-electron chi connectivity index (χ4n) is 2.87. The Morgan fingerprint density at radius 1 is 1.23 bits per heavy atom. The summed E-state index contributed by atoms with van der Waals surface area (Å²) < 4.78 is 19.2. The molecule has 4 nitrogen and oxygen atoms in total. The lowest BCUT2D eigenvalue weighted by Gasteiger charge is -2.26. The van der Waals surface area contributed by atoms with Crippen molar-refractivity contribution in [3.8, 4) is 0 Å². The van der Waals surface area contributed by atoms with Crippen LogP contribution in [0.3, 0.4) is 0 Å². The van der Waals surface area contributed by atoms with Crippen LogP contribution in [0.5, 0.6) is 0 Å². The molecule has 1 aliphatic heterocycles. The molecule has 0 spiro atoms. The van der Waals surface area contributed by atoms with Crippen LogP contribution in [0.1, 0.15) is 35.0 Å². The molecule has 0 saturated carbocycles. The molecule has 1 fully saturated rings. The van der Waals surface area contributed by atoms with Crippen LogP contribution in [0, 0.1) is 5.82 Å². The quantitative estimate of drug-likeness (QED) is 0.923. The largest absolute Gasteiger partial charge is 0.468 e. The molecule has 5 heteroatoms. The first-order valence-corrected chi connectivity index (χ1v) is 7.56. The Labute approximate surface area is 128 Å². The van der Waals surface area contributed by atoms with Gasteiger partial charge in [-0.2, -0.15) is 0 Å². The maximum atomic E-state index is 13.6. The summed E-state index contributed by atoms with van der Waals surface area (Å²) in [5.41, 5.74) is 0.0714. The van der Waals surface area contributed by atoms with Gasteiger partial charge in [0.25, 0.3) is 5.91 Å². The minimum atomic E-state index is -0.504. The van der Waals surface area contributed by atoms with Crippen LogP contribution in [0.15, 0.2) is 47.1 Å². The molecule has 0 radical (unpaired) electrons. The molecule has 22 heavy (non-hydrogen) atoms. The smallest absolute Gasteiger partial charge is 0.254 e. The Hall–Kier alpha value is -2.14. The minimum absolute atomic E-state index is 0.00627. The van der Waals surface area contributed by atoms with E-state index in [2.05, 4.69) is 10.2 Å². The number of hydrogen-bond acceptors (Lipinski definition) is 3. The number of amides is 1. The number of nitrogens with zero attached hydrogens (tertiary/aromatic N) is 1. The lowest BCUT2D eigenvalue weighted by molar-refractivity contribution is 0.0930. The summed E-state index contributed by atoms with van der Waals surface area (Å²) in [6.45, 7) is 2.38. The Bertz CT molecular complexity index is 621. The highest BCUT2D eigenvalue weighted by Crippen LogP contribution is 2.25. The predicted octanol–water partition coefficient (Wildman–Crippen LogP) is 2.99. The SMILES string of the molecule is O=C(NC[C@H](c1ccco1)N1CCCC1)c1ccccc1F. The third-order valence-electron chi connectivity index (χ3n) is 4.03. The highest BCUT2D eigenvalue weighted by atomic mass is 19.1. The van der Waals surface area contributed by atoms with Crippen molar-refractivity contribution in [2.75, 3.05) is 19.6 Å². The summed E-state index contributed by atoms with van der Waals surface area (Å²) in [6.07, 6.45) is 3.94. The van der Waals surface area contributed by atoms with Crippen LogP contribution in [0.25, 0.3) is 0 Å². The van der Waals surface area contributed by atoms with Crippen molar-refractivity contribution in [1.82, 2.24) is 10.2 Å². The molecule has 116 valence electrons. The van der Waals surface area contributed by atoms with Crippen molar-refractivity contribution in [3.63, 3.8) is 0 Å². The van der Waals surface area contributed by atoms with E-state index in [1.807, 2.05) is 12.1 Å². The van der Waals surface area contributed by atoms with Gasteiger partial charge in [0.15, 0.2) is 0 Å². The number of hydrogen-bond donors (Lipinski definition) is 1. The van der Waals surface area contributed by atoms with Crippen molar-refractivity contribution >= 4 is 5.91 Å². The fraction of sp³-hybridized carbons (Fsp3) is 0.353. The maximum absolute atomic E-state index is 13.6. The third-order valence-corrected chi connectivity index (χ3v) is 4.03. The first-order valence-electron chi connectivity index (χ1n) is 7.56. The average Bonchev–Trinajstić information content (AvgIpc) is 3.21. The van der Waals surface area contributed by atoms with E-state index in [0.29, 0.717) is 6.54 Å². The summed E-state index contributed by atoms with van der Waals surface area (Å²) in [6, 6.07) is 9.76. The summed E-state index contributed by atoms with van der Waals surface area (Å²) in [5.74, 6) is -0.0692. The lowest BCUT2D eigenvalue weighted by Crippen LogP contribution is -2.36. The molecule has 3 rings (SSSR count). The van der Waals surface area contributed by atoms with Gasteiger partial charge in [0.2, 0.25) is 0 Å². The van der Waals surface area contributed by atoms with Crippen LogP contribution in [-0.2, 0) is 0 Å². The molecule has 0 unspecified atom stereocenters. The van der Waals surface area contributed by atoms with Crippen LogP contribution in [0.2, 0.25) is 0 Å². The van der Waals surface area contributed by atoms with E-state index in [9.17, 15) is 9.18 Å². The van der Waals surface area contributed by atoms with Gasteiger partial charge in [0.1, 0.15) is 11.6 Å². The number of rotatable bonds is 5. The second-order valence-electron chi connectivity index (χ2n) is 5.46. The van der Waals surface area contributed by atoms with Crippen LogP contribution >= 0.6 is 0 Å². The Morgan fingerprint density at radius 3 is 2.68 bits per heavy atom. The Morgan fingerprint density at radius 2 is 2.00 bits per heavy atom. The van der Waals surface area contributed by atoms with Crippen molar-refractivity contribution in [2.45, 2.75) is 18.9 Å². The summed E-state index contributed by atoms with van der Waals surface area (Å²) in [4.78, 5) is 14.4. The van der Waals surface area contributed by atoms with E-state index in [1.165, 1.54) is 12.1 Å². The zero-order valence-electron chi connectivity index (χ0n) is 12.3. The van der Waals surface area contributed by atoms with E-state index in [4.69, 9.17) is 4.42 Å². The number of likely N-dealkylation sites (tertiary alicyclic amines) is 1. The van der Waals surface area contributed by atoms with Gasteiger partial charge in [-0.25, -0.2) is 4.39 Å². The van der Waals surface area contributed by atoms with Gasteiger partial charge in [-0.15, -0.1) is 0 Å². The standard InChI is InChI=1S/C17H19FN2O2/c18-14-7-2-1-6-13(14)17(21)19-12-15(16-8-5-11-22-16)20-9-3-4-10-20/h1-2,5-8,11,15H,3-4,9-10,12H2,(H,19,21)/t15-/m1/s1. The van der Waals surface area contributed by atoms with E-state index < -0.39 is 11.7 Å². The molecule has 1 atom stereocenters. The molecule has 1 saturated heterocycles. The number of carbonyl (C=O) groups is 1. The van der Waals surface area contributed by atoms with Gasteiger partial charge >= 0.3 is 0 Å². The number of nitrogens with one attached hydrogen (secondary N) is 1. The van der Waals surface area contributed by atoms with Gasteiger partial charge in [-0.3, -0.25) is 9.69 Å². The molecule has 0 bridgehead atoms. The van der Waals surface area contributed by atoms with Crippen molar-refractivity contribution in [2.24, 2.45) is 0 Å². The molecule has 2 aromatic rings. The lowest BCUT2D eigenvalue weighted by atomic mass is 10.1. The molecular formula is C17H19FN2O2. The second-order valence-corrected chi connectivity index (χ2v) is 5.46.